The van der Waals surface area contributed by atoms with Crippen molar-refractivity contribution >= 4 is 11.9 Å². The van der Waals surface area contributed by atoms with Gasteiger partial charge in [-0.25, -0.2) is 0 Å². The molecule has 0 spiro atoms. The van der Waals surface area contributed by atoms with Crippen molar-refractivity contribution in [1.82, 2.24) is 5.32 Å². The van der Waals surface area contributed by atoms with Crippen molar-refractivity contribution in [1.29, 1.82) is 0 Å². The normalized spacial score (nSPS) is 13.6. The van der Waals surface area contributed by atoms with Gasteiger partial charge in [0.25, 0.3) is 0 Å². The van der Waals surface area contributed by atoms with Gasteiger partial charge in [0.05, 0.1) is 5.92 Å². The lowest BCUT2D eigenvalue weighted by molar-refractivity contribution is -0.139. The number of hydrogen-bond donors (Lipinski definition) is 2. The number of nitrogens with one attached hydrogen (secondary N) is 1. The molecule has 2 N–H and O–H groups in total. The average molecular weight is 279 g/mol. The van der Waals surface area contributed by atoms with Crippen LogP contribution in [0.1, 0.15) is 25.8 Å². The zero-order chi connectivity index (χ0) is 15.1. The molecule has 0 aliphatic rings. The van der Waals surface area contributed by atoms with Gasteiger partial charge >= 0.3 is 11.9 Å². The van der Waals surface area contributed by atoms with Crippen LogP contribution in [0.2, 0.25) is 0 Å². The van der Waals surface area contributed by atoms with Gasteiger partial charge in [0.1, 0.15) is 11.8 Å². The van der Waals surface area contributed by atoms with Crippen LogP contribution in [0.25, 0.3) is 0 Å². The maximum atomic E-state index is 11.6. The number of benzene rings is 1. The van der Waals surface area contributed by atoms with Gasteiger partial charge in [-0.2, -0.15) is 0 Å². The first-order valence-corrected chi connectivity index (χ1v) is 6.68. The van der Waals surface area contributed by atoms with Crippen molar-refractivity contribution in [2.24, 2.45) is 5.92 Å². The summed E-state index contributed by atoms with van der Waals surface area (Å²) >= 11 is 0. The molecule has 5 nitrogen and oxygen atoms in total. The predicted molar refractivity (Wildman–Crippen MR) is 75.7 cm³/mol. The van der Waals surface area contributed by atoms with Crippen LogP contribution in [-0.4, -0.2) is 30.1 Å². The highest BCUT2D eigenvalue weighted by atomic mass is 16.5. The predicted octanol–water partition coefficient (Wildman–Crippen LogP) is 1.85. The first-order chi connectivity index (χ1) is 9.47. The Morgan fingerprint density at radius 2 is 1.90 bits per heavy atom. The molecule has 0 bridgehead atoms. The Morgan fingerprint density at radius 3 is 2.35 bits per heavy atom. The number of hydrogen-bond acceptors (Lipinski definition) is 4. The molecule has 0 saturated heterocycles. The fraction of sp³-hybridized carbons (Fsp3) is 0.467. The quantitative estimate of drug-likeness (QED) is 0.588. The van der Waals surface area contributed by atoms with Gasteiger partial charge in [-0.05, 0) is 37.6 Å². The van der Waals surface area contributed by atoms with Gasteiger partial charge in [0.2, 0.25) is 0 Å². The molecule has 0 aliphatic heterocycles. The summed E-state index contributed by atoms with van der Waals surface area (Å²) < 4.78 is 5.23. The van der Waals surface area contributed by atoms with Gasteiger partial charge in [-0.3, -0.25) is 9.59 Å². The third-order valence-electron chi connectivity index (χ3n) is 3.24. The minimum Gasteiger partial charge on any atom is -0.480 e. The zero-order valence-corrected chi connectivity index (χ0v) is 12.1. The molecule has 0 aromatic heterocycles. The van der Waals surface area contributed by atoms with Crippen molar-refractivity contribution < 1.29 is 19.4 Å². The number of aliphatic carboxylic acids is 1. The molecule has 1 unspecified atom stereocenters. The summed E-state index contributed by atoms with van der Waals surface area (Å²) in [7, 11) is 1.61. The maximum absolute atomic E-state index is 11.6. The molecule has 1 rings (SSSR count). The fourth-order valence-electron chi connectivity index (χ4n) is 1.63. The summed E-state index contributed by atoms with van der Waals surface area (Å²) in [6.07, 6.45) is 1.12. The molecule has 0 aliphatic carbocycles. The Labute approximate surface area is 118 Å². The lowest BCUT2D eigenvalue weighted by Crippen LogP contribution is -2.35. The Kier molecular flexibility index (Phi) is 6.18. The summed E-state index contributed by atoms with van der Waals surface area (Å²) in [5.41, 5.74) is 0.870. The second kappa shape index (κ2) is 7.65. The summed E-state index contributed by atoms with van der Waals surface area (Å²) in [6.45, 7) is 3.75. The highest BCUT2D eigenvalue weighted by Gasteiger charge is 2.16. The SMILES string of the molecule is CCC(C)C(=O)Oc1ccc(C[C@@H](NC)C(=O)O)cc1. The Morgan fingerprint density at radius 1 is 1.30 bits per heavy atom. The molecular formula is C15H21NO4. The third-order valence-corrected chi connectivity index (χ3v) is 3.24. The molecule has 20 heavy (non-hydrogen) atoms. The van der Waals surface area contributed by atoms with Crippen LogP contribution in [-0.2, 0) is 16.0 Å². The van der Waals surface area contributed by atoms with Gasteiger partial charge in [-0.1, -0.05) is 26.0 Å². The van der Waals surface area contributed by atoms with Crippen LogP contribution >= 0.6 is 0 Å². The number of esters is 1. The van der Waals surface area contributed by atoms with Gasteiger partial charge in [0.15, 0.2) is 0 Å². The summed E-state index contributed by atoms with van der Waals surface area (Å²) in [6, 6.07) is 6.29. The minimum absolute atomic E-state index is 0.129. The van der Waals surface area contributed by atoms with Crippen LogP contribution in [0.3, 0.4) is 0 Å². The molecule has 5 heteroatoms. The van der Waals surface area contributed by atoms with E-state index < -0.39 is 12.0 Å². The minimum atomic E-state index is -0.889. The van der Waals surface area contributed by atoms with E-state index in [1.165, 1.54) is 0 Å². The number of carboxylic acids is 1. The van der Waals surface area contributed by atoms with E-state index in [-0.39, 0.29) is 11.9 Å². The monoisotopic (exact) mass is 279 g/mol. The average Bonchev–Trinajstić information content (AvgIpc) is 2.45. The van der Waals surface area contributed by atoms with Crippen LogP contribution in [0.4, 0.5) is 0 Å². The lowest BCUT2D eigenvalue weighted by Gasteiger charge is -2.12. The maximum Gasteiger partial charge on any atom is 0.321 e. The summed E-state index contributed by atoms with van der Waals surface area (Å²) in [4.78, 5) is 22.6. The molecule has 0 heterocycles. The van der Waals surface area contributed by atoms with Gasteiger partial charge < -0.3 is 15.2 Å². The molecule has 0 amide bonds. The zero-order valence-electron chi connectivity index (χ0n) is 12.1. The van der Waals surface area contributed by atoms with Crippen LogP contribution < -0.4 is 10.1 Å². The van der Waals surface area contributed by atoms with E-state index in [1.807, 2.05) is 13.8 Å². The highest BCUT2D eigenvalue weighted by molar-refractivity contribution is 5.75. The summed E-state index contributed by atoms with van der Waals surface area (Å²) in [5.74, 6) is -0.788. The molecule has 0 saturated carbocycles. The van der Waals surface area contributed by atoms with E-state index in [0.29, 0.717) is 12.2 Å². The third kappa shape index (κ3) is 4.66. The van der Waals surface area contributed by atoms with E-state index in [0.717, 1.165) is 12.0 Å². The molecule has 1 aromatic rings. The van der Waals surface area contributed by atoms with E-state index >= 15 is 0 Å². The van der Waals surface area contributed by atoms with E-state index in [9.17, 15) is 9.59 Å². The summed E-state index contributed by atoms with van der Waals surface area (Å²) in [5, 5.41) is 11.7. The largest absolute Gasteiger partial charge is 0.480 e. The number of likely N-dealkylation sites (N-methyl/N-ethyl adjacent to an activating group) is 1. The lowest BCUT2D eigenvalue weighted by atomic mass is 10.1. The Balaban J connectivity index is 2.64. The fourth-order valence-corrected chi connectivity index (χ4v) is 1.63. The molecule has 0 fully saturated rings. The van der Waals surface area contributed by atoms with Crippen LogP contribution in [0.5, 0.6) is 5.75 Å². The molecular weight excluding hydrogens is 258 g/mol. The highest BCUT2D eigenvalue weighted by Crippen LogP contribution is 2.16. The van der Waals surface area contributed by atoms with E-state index in [2.05, 4.69) is 5.32 Å². The second-order valence-corrected chi connectivity index (χ2v) is 4.76. The number of rotatable bonds is 7. The molecule has 110 valence electrons. The number of carbonyl (C=O) groups excluding carboxylic acids is 1. The van der Waals surface area contributed by atoms with E-state index in [4.69, 9.17) is 9.84 Å². The van der Waals surface area contributed by atoms with Crippen molar-refractivity contribution in [3.8, 4) is 5.75 Å². The van der Waals surface area contributed by atoms with Crippen LogP contribution in [0, 0.1) is 5.92 Å². The topological polar surface area (TPSA) is 75.6 Å². The number of carbonyl (C=O) groups is 2. The number of carboxylic acid groups (broad SMARTS) is 1. The Bertz CT molecular complexity index is 455. The number of ether oxygens (including phenoxy) is 1. The molecule has 0 radical (unpaired) electrons. The van der Waals surface area contributed by atoms with Gasteiger partial charge in [0, 0.05) is 0 Å². The first kappa shape index (κ1) is 16.2. The second-order valence-electron chi connectivity index (χ2n) is 4.76. The molecule has 2 atom stereocenters. The standard InChI is InChI=1S/C15H21NO4/c1-4-10(2)15(19)20-12-7-5-11(6-8-12)9-13(16-3)14(17)18/h5-8,10,13,16H,4,9H2,1-3H3,(H,17,18)/t10?,13-/m1/s1. The first-order valence-electron chi connectivity index (χ1n) is 6.68. The van der Waals surface area contributed by atoms with Crippen molar-refractivity contribution in [2.75, 3.05) is 7.05 Å². The van der Waals surface area contributed by atoms with E-state index in [1.54, 1.807) is 31.3 Å². The van der Waals surface area contributed by atoms with Crippen LogP contribution in [0.15, 0.2) is 24.3 Å². The van der Waals surface area contributed by atoms with Gasteiger partial charge in [-0.15, -0.1) is 0 Å². The van der Waals surface area contributed by atoms with Crippen molar-refractivity contribution in [3.63, 3.8) is 0 Å². The van der Waals surface area contributed by atoms with Crippen molar-refractivity contribution in [3.05, 3.63) is 29.8 Å². The van der Waals surface area contributed by atoms with Crippen molar-refractivity contribution in [2.45, 2.75) is 32.7 Å². The molecule has 1 aromatic carbocycles. The smallest absolute Gasteiger partial charge is 0.321 e. The Hall–Kier alpha value is -1.88.